The lowest BCUT2D eigenvalue weighted by molar-refractivity contribution is 0.0690. The van der Waals surface area contributed by atoms with Crippen LogP contribution in [0.25, 0.3) is 0 Å². The summed E-state index contributed by atoms with van der Waals surface area (Å²) in [5, 5.41) is 23.5. The molecular formula is C4H3N2O3. The molecule has 0 aliphatic rings. The Balaban J connectivity index is 2.98. The van der Waals surface area contributed by atoms with Crippen molar-refractivity contribution in [2.24, 2.45) is 0 Å². The fraction of sp³-hybridized carbons (Fsp3) is 0. The Morgan fingerprint density at radius 3 is 2.67 bits per heavy atom. The first kappa shape index (κ1) is 5.61. The number of carboxylic acid groups (broad SMARTS) is 1. The van der Waals surface area contributed by atoms with Gasteiger partial charge in [-0.2, -0.15) is 5.10 Å². The fourth-order valence-electron chi connectivity index (χ4n) is 0.414. The summed E-state index contributed by atoms with van der Waals surface area (Å²) >= 11 is 0. The SMILES string of the molecule is [O]c1cc(C(=O)O)n[nH]1. The van der Waals surface area contributed by atoms with Crippen molar-refractivity contribution in [1.29, 1.82) is 0 Å². The molecule has 0 aliphatic carbocycles. The van der Waals surface area contributed by atoms with E-state index in [-0.39, 0.29) is 5.69 Å². The van der Waals surface area contributed by atoms with Gasteiger partial charge in [0.25, 0.3) is 5.88 Å². The van der Waals surface area contributed by atoms with Crippen molar-refractivity contribution in [1.82, 2.24) is 10.2 Å². The highest BCUT2D eigenvalue weighted by Gasteiger charge is 2.06. The maximum atomic E-state index is 10.2. The average molecular weight is 127 g/mol. The predicted molar refractivity (Wildman–Crippen MR) is 25.7 cm³/mol. The first-order chi connectivity index (χ1) is 4.20. The number of carbonyl (C=O) groups is 1. The molecule has 0 bridgehead atoms. The van der Waals surface area contributed by atoms with Crippen LogP contribution in [-0.2, 0) is 5.11 Å². The van der Waals surface area contributed by atoms with Crippen LogP contribution >= 0.6 is 0 Å². The van der Waals surface area contributed by atoms with Crippen molar-refractivity contribution >= 4 is 5.97 Å². The van der Waals surface area contributed by atoms with E-state index in [0.717, 1.165) is 6.07 Å². The lowest BCUT2D eigenvalue weighted by Gasteiger charge is -1.76. The number of H-pyrrole nitrogens is 1. The summed E-state index contributed by atoms with van der Waals surface area (Å²) in [6.07, 6.45) is 0. The van der Waals surface area contributed by atoms with Gasteiger partial charge in [-0.1, -0.05) is 0 Å². The van der Waals surface area contributed by atoms with Gasteiger partial charge in [-0.25, -0.2) is 9.89 Å². The molecule has 0 spiro atoms. The van der Waals surface area contributed by atoms with E-state index in [1.165, 1.54) is 0 Å². The Labute approximate surface area is 49.9 Å². The molecule has 5 nitrogen and oxygen atoms in total. The van der Waals surface area contributed by atoms with Crippen LogP contribution in [-0.4, -0.2) is 21.3 Å². The molecule has 1 aromatic heterocycles. The molecule has 0 saturated carbocycles. The molecule has 47 valence electrons. The summed E-state index contributed by atoms with van der Waals surface area (Å²) in [6, 6.07) is 0.919. The zero-order chi connectivity index (χ0) is 6.85. The third-order valence-corrected chi connectivity index (χ3v) is 0.773. The van der Waals surface area contributed by atoms with E-state index in [1.54, 1.807) is 0 Å². The van der Waals surface area contributed by atoms with Crippen LogP contribution in [0.3, 0.4) is 0 Å². The zero-order valence-electron chi connectivity index (χ0n) is 4.29. The van der Waals surface area contributed by atoms with E-state index in [1.807, 2.05) is 5.10 Å². The lowest BCUT2D eigenvalue weighted by Crippen LogP contribution is -1.95. The molecule has 1 rings (SSSR count). The third-order valence-electron chi connectivity index (χ3n) is 0.773. The summed E-state index contributed by atoms with van der Waals surface area (Å²) in [5.41, 5.74) is -0.250. The maximum Gasteiger partial charge on any atom is 0.356 e. The van der Waals surface area contributed by atoms with Crippen LogP contribution in [0.5, 0.6) is 5.88 Å². The third kappa shape index (κ3) is 0.987. The van der Waals surface area contributed by atoms with Crippen molar-refractivity contribution in [2.75, 3.05) is 0 Å². The maximum absolute atomic E-state index is 10.2. The molecule has 1 heterocycles. The van der Waals surface area contributed by atoms with E-state index >= 15 is 0 Å². The van der Waals surface area contributed by atoms with E-state index < -0.39 is 11.8 Å². The van der Waals surface area contributed by atoms with Gasteiger partial charge in [0.15, 0.2) is 5.69 Å². The van der Waals surface area contributed by atoms with Gasteiger partial charge < -0.3 is 5.11 Å². The van der Waals surface area contributed by atoms with Crippen molar-refractivity contribution in [3.05, 3.63) is 11.8 Å². The zero-order valence-corrected chi connectivity index (χ0v) is 4.29. The van der Waals surface area contributed by atoms with Gasteiger partial charge in [-0.05, 0) is 0 Å². The smallest absolute Gasteiger partial charge is 0.356 e. The van der Waals surface area contributed by atoms with Gasteiger partial charge in [0.1, 0.15) is 0 Å². The Kier molecular flexibility index (Phi) is 1.11. The minimum absolute atomic E-state index is 0.250. The summed E-state index contributed by atoms with van der Waals surface area (Å²) in [6.45, 7) is 0. The first-order valence-electron chi connectivity index (χ1n) is 2.16. The Bertz CT molecular complexity index is 229. The number of hydrogen-bond acceptors (Lipinski definition) is 2. The molecule has 0 fully saturated rings. The average Bonchev–Trinajstić information content (AvgIpc) is 2.14. The highest BCUT2D eigenvalue weighted by atomic mass is 16.4. The highest BCUT2D eigenvalue weighted by Crippen LogP contribution is 2.04. The molecule has 0 atom stereocenters. The Morgan fingerprint density at radius 2 is 2.44 bits per heavy atom. The quantitative estimate of drug-likeness (QED) is 0.566. The largest absolute Gasteiger partial charge is 0.476 e. The van der Waals surface area contributed by atoms with Crippen molar-refractivity contribution in [3.8, 4) is 5.88 Å². The second kappa shape index (κ2) is 1.77. The summed E-state index contributed by atoms with van der Waals surface area (Å²) in [4.78, 5) is 9.99. The normalized spacial score (nSPS) is 9.33. The number of rotatable bonds is 1. The summed E-state index contributed by atoms with van der Waals surface area (Å²) < 4.78 is 0. The van der Waals surface area contributed by atoms with Crippen LogP contribution in [0.2, 0.25) is 0 Å². The van der Waals surface area contributed by atoms with E-state index in [2.05, 4.69) is 5.10 Å². The number of nitrogens with zero attached hydrogens (tertiary/aromatic N) is 1. The monoisotopic (exact) mass is 127 g/mol. The van der Waals surface area contributed by atoms with E-state index in [0.29, 0.717) is 0 Å². The van der Waals surface area contributed by atoms with Crippen LogP contribution in [0.4, 0.5) is 0 Å². The number of carboxylic acids is 1. The predicted octanol–water partition coefficient (Wildman–Crippen LogP) is 0.252. The fourth-order valence-corrected chi connectivity index (χ4v) is 0.414. The molecule has 2 N–H and O–H groups in total. The summed E-state index contributed by atoms with van der Waals surface area (Å²) in [5.74, 6) is -1.69. The standard InChI is InChI=1S/C4H3N2O3/c7-3-1-2(4(8)9)5-6-3/h1H,(H,5,6)(H,8,9). The van der Waals surface area contributed by atoms with Crippen LogP contribution < -0.4 is 0 Å². The first-order valence-corrected chi connectivity index (χ1v) is 2.16. The van der Waals surface area contributed by atoms with E-state index in [9.17, 15) is 9.90 Å². The molecule has 0 aliphatic heterocycles. The van der Waals surface area contributed by atoms with Crippen molar-refractivity contribution in [3.63, 3.8) is 0 Å². The van der Waals surface area contributed by atoms with Gasteiger partial charge in [-0.3, -0.25) is 5.11 Å². The minimum Gasteiger partial charge on any atom is -0.476 e. The number of aromatic carboxylic acids is 1. The number of nitrogens with one attached hydrogen (secondary N) is 1. The topological polar surface area (TPSA) is 85.9 Å². The van der Waals surface area contributed by atoms with Crippen molar-refractivity contribution < 1.29 is 15.0 Å². The molecule has 5 heteroatoms. The van der Waals surface area contributed by atoms with Gasteiger partial charge in [0.05, 0.1) is 0 Å². The molecule has 0 saturated heterocycles. The van der Waals surface area contributed by atoms with Gasteiger partial charge in [0, 0.05) is 6.07 Å². The highest BCUT2D eigenvalue weighted by molar-refractivity contribution is 5.85. The number of hydrogen-bond donors (Lipinski definition) is 2. The second-order valence-electron chi connectivity index (χ2n) is 1.42. The van der Waals surface area contributed by atoms with Crippen molar-refractivity contribution in [2.45, 2.75) is 0 Å². The van der Waals surface area contributed by atoms with Crippen LogP contribution in [0.1, 0.15) is 10.5 Å². The molecule has 0 aromatic carbocycles. The molecular weight excluding hydrogens is 124 g/mol. The summed E-state index contributed by atoms with van der Waals surface area (Å²) in [7, 11) is 0. The van der Waals surface area contributed by atoms with Gasteiger partial charge >= 0.3 is 5.97 Å². The molecule has 0 unspecified atom stereocenters. The van der Waals surface area contributed by atoms with Gasteiger partial charge in [-0.15, -0.1) is 0 Å². The minimum atomic E-state index is -1.20. The van der Waals surface area contributed by atoms with E-state index in [4.69, 9.17) is 5.11 Å². The van der Waals surface area contributed by atoms with Crippen LogP contribution in [0.15, 0.2) is 6.07 Å². The van der Waals surface area contributed by atoms with Gasteiger partial charge in [0.2, 0.25) is 0 Å². The molecule has 9 heavy (non-hydrogen) atoms. The van der Waals surface area contributed by atoms with Crippen LogP contribution in [0, 0.1) is 0 Å². The lowest BCUT2D eigenvalue weighted by atomic mass is 10.4. The molecule has 1 aromatic rings. The molecule has 1 radical (unpaired) electrons. The Hall–Kier alpha value is -1.52. The Morgan fingerprint density at radius 1 is 1.78 bits per heavy atom. The number of aromatic nitrogens is 2. The second-order valence-corrected chi connectivity index (χ2v) is 1.42. The number of aromatic amines is 1. The molecule has 0 amide bonds.